The molecule has 5 heteroatoms. The van der Waals surface area contributed by atoms with Crippen molar-refractivity contribution in [2.45, 2.75) is 31.6 Å². The molecule has 0 saturated heterocycles. The molecule has 0 radical (unpaired) electrons. The van der Waals surface area contributed by atoms with Crippen molar-refractivity contribution in [3.63, 3.8) is 0 Å². The van der Waals surface area contributed by atoms with Crippen LogP contribution in [0.25, 0.3) is 10.6 Å². The summed E-state index contributed by atoms with van der Waals surface area (Å²) in [6.45, 7) is 2.75. The van der Waals surface area contributed by atoms with E-state index >= 15 is 0 Å². The van der Waals surface area contributed by atoms with Crippen LogP contribution in [0.15, 0.2) is 35.8 Å². The second kappa shape index (κ2) is 6.56. The molecule has 1 N–H and O–H groups in total. The van der Waals surface area contributed by atoms with Gasteiger partial charge < -0.3 is 14.8 Å². The van der Waals surface area contributed by atoms with Gasteiger partial charge in [-0.3, -0.25) is 0 Å². The van der Waals surface area contributed by atoms with Crippen LogP contribution < -0.4 is 5.32 Å². The zero-order valence-corrected chi connectivity index (χ0v) is 13.1. The third-order valence-electron chi connectivity index (χ3n) is 3.80. The molecule has 1 aliphatic rings. The van der Waals surface area contributed by atoms with Crippen LogP contribution in [0.4, 0.5) is 5.69 Å². The molecule has 3 rings (SSSR count). The number of ether oxygens (including phenoxy) is 2. The maximum Gasteiger partial charge on any atom is 0.123 e. The van der Waals surface area contributed by atoms with Crippen molar-refractivity contribution < 1.29 is 9.47 Å². The Kier molecular flexibility index (Phi) is 4.53. The van der Waals surface area contributed by atoms with Gasteiger partial charge in [0.2, 0.25) is 0 Å². The lowest BCUT2D eigenvalue weighted by molar-refractivity contribution is -0.118. The van der Waals surface area contributed by atoms with Crippen molar-refractivity contribution in [3.8, 4) is 10.6 Å². The molecule has 4 nitrogen and oxygen atoms in total. The van der Waals surface area contributed by atoms with E-state index in [2.05, 4.69) is 34.6 Å². The van der Waals surface area contributed by atoms with Gasteiger partial charge in [0.05, 0.1) is 12.1 Å². The second-order valence-electron chi connectivity index (χ2n) is 5.10. The molecule has 1 aromatic heterocycles. The molecule has 2 aromatic rings. The predicted octanol–water partition coefficient (Wildman–Crippen LogP) is 3.41. The van der Waals surface area contributed by atoms with Crippen molar-refractivity contribution in [1.82, 2.24) is 4.98 Å². The summed E-state index contributed by atoms with van der Waals surface area (Å²) < 4.78 is 11.2. The fourth-order valence-corrected chi connectivity index (χ4v) is 3.37. The number of thiazole rings is 1. The first-order valence-corrected chi connectivity index (χ1v) is 8.10. The Morgan fingerprint density at radius 2 is 2.33 bits per heavy atom. The number of rotatable bonds is 6. The number of hydrogen-bond donors (Lipinski definition) is 1. The summed E-state index contributed by atoms with van der Waals surface area (Å²) in [4.78, 5) is 4.35. The topological polar surface area (TPSA) is 43.4 Å². The largest absolute Gasteiger partial charge is 0.379 e. The lowest BCUT2D eigenvalue weighted by atomic mass is 9.85. The zero-order chi connectivity index (χ0) is 14.7. The smallest absolute Gasteiger partial charge is 0.123 e. The lowest BCUT2D eigenvalue weighted by Crippen LogP contribution is -2.56. The molecule has 1 aromatic carbocycles. The van der Waals surface area contributed by atoms with Gasteiger partial charge in [-0.05, 0) is 25.5 Å². The molecule has 1 heterocycles. The first-order chi connectivity index (χ1) is 10.3. The minimum atomic E-state index is 0.119. The van der Waals surface area contributed by atoms with E-state index in [1.54, 1.807) is 18.4 Å². The Bertz CT molecular complexity index is 573. The standard InChI is InChI=1S/C16H20N2O2S/c1-3-20-14-10-13(15(14)19-2)18-12-6-4-5-11(9-12)16-17-7-8-21-16/h4-9,13-15,18H,3,10H2,1-2H3. The summed E-state index contributed by atoms with van der Waals surface area (Å²) in [6.07, 6.45) is 3.14. The van der Waals surface area contributed by atoms with Crippen LogP contribution in [0.3, 0.4) is 0 Å². The van der Waals surface area contributed by atoms with Gasteiger partial charge in [0.25, 0.3) is 0 Å². The molecular weight excluding hydrogens is 284 g/mol. The highest BCUT2D eigenvalue weighted by Crippen LogP contribution is 2.31. The fourth-order valence-electron chi connectivity index (χ4n) is 2.74. The van der Waals surface area contributed by atoms with E-state index in [1.165, 1.54) is 0 Å². The van der Waals surface area contributed by atoms with Gasteiger partial charge in [0.1, 0.15) is 11.1 Å². The van der Waals surface area contributed by atoms with E-state index in [0.29, 0.717) is 6.04 Å². The lowest BCUT2D eigenvalue weighted by Gasteiger charge is -2.43. The maximum absolute atomic E-state index is 5.66. The molecule has 112 valence electrons. The van der Waals surface area contributed by atoms with Gasteiger partial charge >= 0.3 is 0 Å². The Hall–Kier alpha value is -1.43. The van der Waals surface area contributed by atoms with Gasteiger partial charge in [-0.25, -0.2) is 4.98 Å². The van der Waals surface area contributed by atoms with E-state index in [9.17, 15) is 0 Å². The monoisotopic (exact) mass is 304 g/mol. The van der Waals surface area contributed by atoms with E-state index in [4.69, 9.17) is 9.47 Å². The molecule has 3 atom stereocenters. The van der Waals surface area contributed by atoms with Crippen LogP contribution in [-0.2, 0) is 9.47 Å². The van der Waals surface area contributed by atoms with Gasteiger partial charge in [0, 0.05) is 36.5 Å². The summed E-state index contributed by atoms with van der Waals surface area (Å²) in [5.74, 6) is 0. The van der Waals surface area contributed by atoms with Crippen LogP contribution >= 0.6 is 11.3 Å². The minimum absolute atomic E-state index is 0.119. The van der Waals surface area contributed by atoms with Crippen LogP contribution in [0.2, 0.25) is 0 Å². The third kappa shape index (κ3) is 3.10. The molecular formula is C16H20N2O2S. The quantitative estimate of drug-likeness (QED) is 0.888. The van der Waals surface area contributed by atoms with E-state index in [1.807, 2.05) is 18.5 Å². The Morgan fingerprint density at radius 1 is 1.43 bits per heavy atom. The normalized spacial score (nSPS) is 24.6. The Balaban J connectivity index is 1.67. The Morgan fingerprint density at radius 3 is 3.05 bits per heavy atom. The molecule has 21 heavy (non-hydrogen) atoms. The maximum atomic E-state index is 5.66. The first-order valence-electron chi connectivity index (χ1n) is 7.22. The molecule has 0 amide bonds. The number of anilines is 1. The van der Waals surface area contributed by atoms with Gasteiger partial charge in [-0.15, -0.1) is 11.3 Å². The minimum Gasteiger partial charge on any atom is -0.379 e. The SMILES string of the molecule is CCOC1CC(Nc2cccc(-c3nccs3)c2)C1OC. The van der Waals surface area contributed by atoms with Crippen molar-refractivity contribution in [2.75, 3.05) is 19.0 Å². The average molecular weight is 304 g/mol. The zero-order valence-electron chi connectivity index (χ0n) is 12.3. The van der Waals surface area contributed by atoms with Crippen LogP contribution in [-0.4, -0.2) is 37.0 Å². The summed E-state index contributed by atoms with van der Waals surface area (Å²) in [5.41, 5.74) is 2.24. The van der Waals surface area contributed by atoms with Gasteiger partial charge in [-0.1, -0.05) is 12.1 Å². The van der Waals surface area contributed by atoms with Crippen molar-refractivity contribution in [1.29, 1.82) is 0 Å². The predicted molar refractivity (Wildman–Crippen MR) is 85.8 cm³/mol. The number of hydrogen-bond acceptors (Lipinski definition) is 5. The first kappa shape index (κ1) is 14.5. The van der Waals surface area contributed by atoms with E-state index in [0.717, 1.165) is 29.3 Å². The van der Waals surface area contributed by atoms with Crippen molar-refractivity contribution in [2.24, 2.45) is 0 Å². The van der Waals surface area contributed by atoms with Crippen molar-refractivity contribution in [3.05, 3.63) is 35.8 Å². The molecule has 0 bridgehead atoms. The summed E-state index contributed by atoms with van der Waals surface area (Å²) >= 11 is 1.65. The summed E-state index contributed by atoms with van der Waals surface area (Å²) in [6, 6.07) is 8.66. The van der Waals surface area contributed by atoms with Gasteiger partial charge in [0.15, 0.2) is 0 Å². The number of aromatic nitrogens is 1. The number of nitrogens with one attached hydrogen (secondary N) is 1. The average Bonchev–Trinajstić information content (AvgIpc) is 3.01. The highest BCUT2D eigenvalue weighted by atomic mass is 32.1. The van der Waals surface area contributed by atoms with Crippen LogP contribution in [0.5, 0.6) is 0 Å². The summed E-state index contributed by atoms with van der Waals surface area (Å²) in [5, 5.41) is 6.58. The molecule has 1 saturated carbocycles. The number of benzene rings is 1. The highest BCUT2D eigenvalue weighted by molar-refractivity contribution is 7.13. The number of nitrogens with zero attached hydrogens (tertiary/aromatic N) is 1. The van der Waals surface area contributed by atoms with Gasteiger partial charge in [-0.2, -0.15) is 0 Å². The Labute approximate surface area is 129 Å². The second-order valence-corrected chi connectivity index (χ2v) is 5.99. The number of methoxy groups -OCH3 is 1. The fraction of sp³-hybridized carbons (Fsp3) is 0.438. The molecule has 1 aliphatic carbocycles. The van der Waals surface area contributed by atoms with E-state index < -0.39 is 0 Å². The molecule has 1 fully saturated rings. The van der Waals surface area contributed by atoms with Crippen molar-refractivity contribution >= 4 is 17.0 Å². The highest BCUT2D eigenvalue weighted by Gasteiger charge is 2.42. The molecule has 3 unspecified atom stereocenters. The molecule has 0 spiro atoms. The van der Waals surface area contributed by atoms with Crippen LogP contribution in [0, 0.1) is 0 Å². The summed E-state index contributed by atoms with van der Waals surface area (Å²) in [7, 11) is 1.75. The third-order valence-corrected chi connectivity index (χ3v) is 4.62. The van der Waals surface area contributed by atoms with Crippen LogP contribution in [0.1, 0.15) is 13.3 Å². The molecule has 0 aliphatic heterocycles. The van der Waals surface area contributed by atoms with E-state index in [-0.39, 0.29) is 12.2 Å².